The second-order valence-corrected chi connectivity index (χ2v) is 9.16. The summed E-state index contributed by atoms with van der Waals surface area (Å²) < 4.78 is 15.4. The van der Waals surface area contributed by atoms with E-state index in [2.05, 4.69) is 10.6 Å². The molecule has 0 aliphatic carbocycles. The Balaban J connectivity index is 2.06. The number of carbonyl (C=O) groups excluding carboxylic acids is 4. The fraction of sp³-hybridized carbons (Fsp3) is 0.407. The fourth-order valence-corrected chi connectivity index (χ4v) is 3.25. The summed E-state index contributed by atoms with van der Waals surface area (Å²) in [5.41, 5.74) is 0.852. The third-order valence-electron chi connectivity index (χ3n) is 4.97. The van der Waals surface area contributed by atoms with Gasteiger partial charge in [-0.1, -0.05) is 60.7 Å². The zero-order valence-corrected chi connectivity index (χ0v) is 21.1. The molecule has 9 nitrogen and oxygen atoms in total. The van der Waals surface area contributed by atoms with Crippen molar-refractivity contribution in [3.05, 3.63) is 71.8 Å². The number of ether oxygens (including phenoxy) is 3. The Kier molecular flexibility index (Phi) is 10.9. The molecule has 0 unspecified atom stereocenters. The van der Waals surface area contributed by atoms with E-state index in [9.17, 15) is 19.2 Å². The van der Waals surface area contributed by atoms with E-state index in [1.54, 1.807) is 20.8 Å². The Bertz CT molecular complexity index is 1000. The van der Waals surface area contributed by atoms with E-state index in [-0.39, 0.29) is 25.9 Å². The summed E-state index contributed by atoms with van der Waals surface area (Å²) in [6, 6.07) is 16.2. The summed E-state index contributed by atoms with van der Waals surface area (Å²) in [4.78, 5) is 50.1. The standard InChI is InChI=1S/C27H34N2O7/c1-27(2,3)36-26(33)29-21(15-16-23(30)35-18-20-13-9-6-10-14-20)24(31)28-22(25(32)34-4)17-19-11-7-5-8-12-19/h5-14,21-22H,15-18H2,1-4H3,(H,28,31)(H,29,33)/t21-,22-/m1/s1. The van der Waals surface area contributed by atoms with Crippen LogP contribution in [0.1, 0.15) is 44.7 Å². The molecule has 0 saturated heterocycles. The van der Waals surface area contributed by atoms with E-state index in [0.717, 1.165) is 11.1 Å². The first-order chi connectivity index (χ1) is 17.1. The first-order valence-electron chi connectivity index (χ1n) is 11.7. The second kappa shape index (κ2) is 13.9. The minimum atomic E-state index is -1.15. The number of hydrogen-bond acceptors (Lipinski definition) is 7. The van der Waals surface area contributed by atoms with Gasteiger partial charge in [0, 0.05) is 12.8 Å². The molecule has 0 bridgehead atoms. The molecule has 0 radical (unpaired) electrons. The first-order valence-corrected chi connectivity index (χ1v) is 11.7. The largest absolute Gasteiger partial charge is 0.467 e. The molecule has 0 spiro atoms. The lowest BCUT2D eigenvalue weighted by Gasteiger charge is -2.25. The quantitative estimate of drug-likeness (QED) is 0.360. The molecule has 0 fully saturated rings. The van der Waals surface area contributed by atoms with Gasteiger partial charge in [0.2, 0.25) is 5.91 Å². The third-order valence-corrected chi connectivity index (χ3v) is 4.97. The number of rotatable bonds is 11. The van der Waals surface area contributed by atoms with Crippen molar-refractivity contribution in [2.45, 2.75) is 64.3 Å². The van der Waals surface area contributed by atoms with Crippen LogP contribution in [0.4, 0.5) is 4.79 Å². The zero-order chi connectivity index (χ0) is 26.6. The van der Waals surface area contributed by atoms with Gasteiger partial charge in [0.05, 0.1) is 7.11 Å². The van der Waals surface area contributed by atoms with Crippen molar-refractivity contribution < 1.29 is 33.4 Å². The predicted molar refractivity (Wildman–Crippen MR) is 133 cm³/mol. The Morgan fingerprint density at radius 3 is 1.97 bits per heavy atom. The van der Waals surface area contributed by atoms with Gasteiger partial charge in [-0.3, -0.25) is 9.59 Å². The molecule has 0 aromatic heterocycles. The van der Waals surface area contributed by atoms with Gasteiger partial charge >= 0.3 is 18.0 Å². The topological polar surface area (TPSA) is 120 Å². The van der Waals surface area contributed by atoms with E-state index in [1.807, 2.05) is 60.7 Å². The molecule has 194 valence electrons. The smallest absolute Gasteiger partial charge is 0.408 e. The number of benzene rings is 2. The summed E-state index contributed by atoms with van der Waals surface area (Å²) in [7, 11) is 1.23. The summed E-state index contributed by atoms with van der Waals surface area (Å²) in [6.45, 7) is 5.17. The van der Waals surface area contributed by atoms with Crippen molar-refractivity contribution in [2.75, 3.05) is 7.11 Å². The molecule has 0 aliphatic heterocycles. The lowest BCUT2D eigenvalue weighted by atomic mass is 10.0. The van der Waals surface area contributed by atoms with Gasteiger partial charge in [-0.2, -0.15) is 0 Å². The van der Waals surface area contributed by atoms with E-state index >= 15 is 0 Å². The number of amides is 2. The molecule has 36 heavy (non-hydrogen) atoms. The first kappa shape index (κ1) is 28.4. The van der Waals surface area contributed by atoms with Gasteiger partial charge in [-0.25, -0.2) is 9.59 Å². The highest BCUT2D eigenvalue weighted by Gasteiger charge is 2.29. The maximum absolute atomic E-state index is 13.1. The van der Waals surface area contributed by atoms with Crippen LogP contribution in [-0.4, -0.2) is 48.7 Å². The van der Waals surface area contributed by atoms with Crippen LogP contribution < -0.4 is 10.6 Å². The molecule has 2 atom stereocenters. The highest BCUT2D eigenvalue weighted by Crippen LogP contribution is 2.10. The Hall–Kier alpha value is -3.88. The average Bonchev–Trinajstić information content (AvgIpc) is 2.84. The molecule has 2 aromatic carbocycles. The van der Waals surface area contributed by atoms with Crippen molar-refractivity contribution in [1.29, 1.82) is 0 Å². The molecule has 9 heteroatoms. The second-order valence-electron chi connectivity index (χ2n) is 9.16. The number of alkyl carbamates (subject to hydrolysis) is 1. The molecule has 2 amide bonds. The van der Waals surface area contributed by atoms with Gasteiger partial charge in [0.15, 0.2) is 0 Å². The Morgan fingerprint density at radius 2 is 1.42 bits per heavy atom. The van der Waals surface area contributed by atoms with Crippen LogP contribution in [0, 0.1) is 0 Å². The highest BCUT2D eigenvalue weighted by molar-refractivity contribution is 5.90. The molecule has 2 N–H and O–H groups in total. The molecule has 0 saturated carbocycles. The Labute approximate surface area is 211 Å². The highest BCUT2D eigenvalue weighted by atomic mass is 16.6. The average molecular weight is 499 g/mol. The van der Waals surface area contributed by atoms with Crippen LogP contribution in [0.2, 0.25) is 0 Å². The van der Waals surface area contributed by atoms with Crippen LogP contribution in [0.25, 0.3) is 0 Å². The minimum Gasteiger partial charge on any atom is -0.467 e. The molecule has 0 aliphatic rings. The number of hydrogen-bond donors (Lipinski definition) is 2. The van der Waals surface area contributed by atoms with Gasteiger partial charge in [0.25, 0.3) is 0 Å². The van der Waals surface area contributed by atoms with Gasteiger partial charge in [-0.05, 0) is 38.3 Å². The van der Waals surface area contributed by atoms with Crippen molar-refractivity contribution in [3.63, 3.8) is 0 Å². The SMILES string of the molecule is COC(=O)[C@@H](Cc1ccccc1)NC(=O)[C@@H](CCC(=O)OCc1ccccc1)NC(=O)OC(C)(C)C. The van der Waals surface area contributed by atoms with Crippen molar-refractivity contribution in [3.8, 4) is 0 Å². The lowest BCUT2D eigenvalue weighted by molar-refractivity contribution is -0.146. The predicted octanol–water partition coefficient (Wildman–Crippen LogP) is 3.30. The van der Waals surface area contributed by atoms with E-state index in [1.165, 1.54) is 7.11 Å². The van der Waals surface area contributed by atoms with Gasteiger partial charge in [0.1, 0.15) is 24.3 Å². The monoisotopic (exact) mass is 498 g/mol. The number of carbonyl (C=O) groups is 4. The number of methoxy groups -OCH3 is 1. The lowest BCUT2D eigenvalue weighted by Crippen LogP contribution is -2.53. The molecule has 0 heterocycles. The van der Waals surface area contributed by atoms with E-state index in [0.29, 0.717) is 0 Å². The van der Waals surface area contributed by atoms with E-state index < -0.39 is 41.6 Å². The molecular formula is C27H34N2O7. The van der Waals surface area contributed by atoms with Crippen LogP contribution >= 0.6 is 0 Å². The summed E-state index contributed by atoms with van der Waals surface area (Å²) in [5, 5.41) is 5.13. The van der Waals surface area contributed by atoms with E-state index in [4.69, 9.17) is 14.2 Å². The maximum atomic E-state index is 13.1. The molecular weight excluding hydrogens is 464 g/mol. The molecule has 2 rings (SSSR count). The summed E-state index contributed by atoms with van der Waals surface area (Å²) in [5.74, 6) is -1.81. The normalized spacial score (nSPS) is 12.6. The summed E-state index contributed by atoms with van der Waals surface area (Å²) >= 11 is 0. The van der Waals surface area contributed by atoms with Gasteiger partial charge < -0.3 is 24.8 Å². The van der Waals surface area contributed by atoms with Gasteiger partial charge in [-0.15, -0.1) is 0 Å². The van der Waals surface area contributed by atoms with Crippen LogP contribution in [0.5, 0.6) is 0 Å². The maximum Gasteiger partial charge on any atom is 0.408 e. The third kappa shape index (κ3) is 10.6. The van der Waals surface area contributed by atoms with Crippen molar-refractivity contribution in [2.24, 2.45) is 0 Å². The van der Waals surface area contributed by atoms with Crippen molar-refractivity contribution >= 4 is 23.9 Å². The van der Waals surface area contributed by atoms with Crippen molar-refractivity contribution in [1.82, 2.24) is 10.6 Å². The fourth-order valence-electron chi connectivity index (χ4n) is 3.25. The number of nitrogens with one attached hydrogen (secondary N) is 2. The summed E-state index contributed by atoms with van der Waals surface area (Å²) in [6.07, 6.45) is -0.824. The molecule has 2 aromatic rings. The van der Waals surface area contributed by atoms with Crippen LogP contribution in [0.3, 0.4) is 0 Å². The van der Waals surface area contributed by atoms with Crippen LogP contribution in [0.15, 0.2) is 60.7 Å². The zero-order valence-electron chi connectivity index (χ0n) is 21.1. The van der Waals surface area contributed by atoms with Crippen LogP contribution in [-0.2, 0) is 41.6 Å². The Morgan fingerprint density at radius 1 is 0.833 bits per heavy atom. The minimum absolute atomic E-state index is 0.0576. The number of esters is 2.